The lowest BCUT2D eigenvalue weighted by Gasteiger charge is -2.08. The van der Waals surface area contributed by atoms with Gasteiger partial charge in [-0.3, -0.25) is 4.79 Å². The summed E-state index contributed by atoms with van der Waals surface area (Å²) in [4.78, 5) is 11.3. The van der Waals surface area contributed by atoms with Crippen LogP contribution in [0.15, 0.2) is 53.6 Å². The van der Waals surface area contributed by atoms with E-state index in [-0.39, 0.29) is 11.5 Å². The highest BCUT2D eigenvalue weighted by Gasteiger charge is 2.22. The van der Waals surface area contributed by atoms with E-state index >= 15 is 0 Å². The minimum absolute atomic E-state index is 0.00538. The van der Waals surface area contributed by atoms with E-state index in [0.717, 1.165) is 5.56 Å². The number of nitrogens with zero attached hydrogens (tertiary/aromatic N) is 1. The number of methoxy groups -OCH3 is 1. The molecule has 26 heavy (non-hydrogen) atoms. The molecule has 0 aliphatic rings. The molecule has 0 saturated carbocycles. The van der Waals surface area contributed by atoms with Crippen LogP contribution in [0.2, 0.25) is 0 Å². The molecule has 0 aliphatic heterocycles. The first-order valence-corrected chi connectivity index (χ1v) is 9.40. The summed E-state index contributed by atoms with van der Waals surface area (Å²) < 4.78 is 37.7. The van der Waals surface area contributed by atoms with E-state index in [2.05, 4.69) is 0 Å². The number of ether oxygens (including phenoxy) is 2. The standard InChI is InChI=1S/C19H19NO5S/c1-13-4-7-17(8-5-13)26(22,23)20-11-15(12-25-14(2)21)18-9-6-16(24-3)10-19(18)20/h4-11H,12H2,1-3H3. The van der Waals surface area contributed by atoms with Crippen molar-refractivity contribution in [3.8, 4) is 5.75 Å². The van der Waals surface area contributed by atoms with Crippen LogP contribution in [0, 0.1) is 6.92 Å². The number of benzene rings is 2. The number of aromatic nitrogens is 1. The minimum atomic E-state index is -3.80. The maximum Gasteiger partial charge on any atom is 0.302 e. The van der Waals surface area contributed by atoms with Crippen LogP contribution in [0.3, 0.4) is 0 Å². The summed E-state index contributed by atoms with van der Waals surface area (Å²) >= 11 is 0. The average molecular weight is 373 g/mol. The third kappa shape index (κ3) is 3.30. The number of carbonyl (C=O) groups is 1. The van der Waals surface area contributed by atoms with E-state index in [1.54, 1.807) is 42.5 Å². The first kappa shape index (κ1) is 18.0. The first-order valence-electron chi connectivity index (χ1n) is 7.96. The maximum absolute atomic E-state index is 13.1. The molecule has 0 unspecified atom stereocenters. The van der Waals surface area contributed by atoms with Crippen molar-refractivity contribution < 1.29 is 22.7 Å². The fraction of sp³-hybridized carbons (Fsp3) is 0.211. The molecule has 2 aromatic carbocycles. The molecule has 0 radical (unpaired) electrons. The van der Waals surface area contributed by atoms with Crippen molar-refractivity contribution in [2.75, 3.05) is 7.11 Å². The third-order valence-corrected chi connectivity index (χ3v) is 5.76. The van der Waals surface area contributed by atoms with Crippen LogP contribution in [0.25, 0.3) is 10.9 Å². The van der Waals surface area contributed by atoms with Gasteiger partial charge in [-0.15, -0.1) is 0 Å². The van der Waals surface area contributed by atoms with Crippen LogP contribution >= 0.6 is 0 Å². The summed E-state index contributed by atoms with van der Waals surface area (Å²) in [7, 11) is -2.29. The summed E-state index contributed by atoms with van der Waals surface area (Å²) in [6.07, 6.45) is 1.49. The molecular formula is C19H19NO5S. The van der Waals surface area contributed by atoms with Gasteiger partial charge in [-0.05, 0) is 31.2 Å². The van der Waals surface area contributed by atoms with Gasteiger partial charge in [0, 0.05) is 30.1 Å². The second-order valence-corrected chi connectivity index (χ2v) is 7.75. The SMILES string of the molecule is COc1ccc2c(COC(C)=O)cn(S(=O)(=O)c3ccc(C)cc3)c2c1. The molecule has 0 amide bonds. The molecule has 6 nitrogen and oxygen atoms in total. The molecule has 136 valence electrons. The van der Waals surface area contributed by atoms with Crippen LogP contribution in [0.1, 0.15) is 18.1 Å². The van der Waals surface area contributed by atoms with Crippen molar-refractivity contribution in [1.82, 2.24) is 3.97 Å². The summed E-state index contributed by atoms with van der Waals surface area (Å²) in [5.74, 6) is 0.107. The van der Waals surface area contributed by atoms with Gasteiger partial charge in [0.25, 0.3) is 10.0 Å². The zero-order valence-electron chi connectivity index (χ0n) is 14.7. The van der Waals surface area contributed by atoms with Gasteiger partial charge in [-0.1, -0.05) is 17.7 Å². The smallest absolute Gasteiger partial charge is 0.302 e. The van der Waals surface area contributed by atoms with E-state index < -0.39 is 16.0 Å². The Balaban J connectivity index is 2.20. The van der Waals surface area contributed by atoms with Crippen molar-refractivity contribution in [1.29, 1.82) is 0 Å². The van der Waals surface area contributed by atoms with E-state index in [9.17, 15) is 13.2 Å². The number of fused-ring (bicyclic) bond motifs is 1. The lowest BCUT2D eigenvalue weighted by molar-refractivity contribution is -0.142. The quantitative estimate of drug-likeness (QED) is 0.642. The predicted molar refractivity (Wildman–Crippen MR) is 97.7 cm³/mol. The Morgan fingerprint density at radius 3 is 2.42 bits per heavy atom. The molecule has 0 saturated heterocycles. The van der Waals surface area contributed by atoms with Gasteiger partial charge in [-0.25, -0.2) is 12.4 Å². The molecule has 0 atom stereocenters. The fourth-order valence-corrected chi connectivity index (χ4v) is 4.07. The van der Waals surface area contributed by atoms with Gasteiger partial charge < -0.3 is 9.47 Å². The van der Waals surface area contributed by atoms with E-state index in [4.69, 9.17) is 9.47 Å². The monoisotopic (exact) mass is 373 g/mol. The molecular weight excluding hydrogens is 354 g/mol. The highest BCUT2D eigenvalue weighted by Crippen LogP contribution is 2.29. The highest BCUT2D eigenvalue weighted by atomic mass is 32.2. The topological polar surface area (TPSA) is 74.6 Å². The zero-order valence-corrected chi connectivity index (χ0v) is 15.5. The van der Waals surface area contributed by atoms with Gasteiger partial charge in [0.05, 0.1) is 17.5 Å². The fourth-order valence-electron chi connectivity index (χ4n) is 2.69. The molecule has 3 aromatic rings. The highest BCUT2D eigenvalue weighted by molar-refractivity contribution is 7.90. The number of carbonyl (C=O) groups excluding carboxylic acids is 1. The van der Waals surface area contributed by atoms with Gasteiger partial charge >= 0.3 is 5.97 Å². The Bertz CT molecular complexity index is 1070. The Morgan fingerprint density at radius 2 is 1.81 bits per heavy atom. The van der Waals surface area contributed by atoms with Crippen molar-refractivity contribution in [2.45, 2.75) is 25.3 Å². The normalized spacial score (nSPS) is 11.5. The van der Waals surface area contributed by atoms with Gasteiger partial charge in [0.2, 0.25) is 0 Å². The summed E-state index contributed by atoms with van der Waals surface area (Å²) in [5.41, 5.74) is 2.04. The molecule has 0 N–H and O–H groups in total. The van der Waals surface area contributed by atoms with Crippen LogP contribution in [-0.2, 0) is 26.2 Å². The van der Waals surface area contributed by atoms with Gasteiger partial charge in [0.1, 0.15) is 12.4 Å². The van der Waals surface area contributed by atoms with E-state index in [1.807, 2.05) is 6.92 Å². The van der Waals surface area contributed by atoms with Crippen LogP contribution in [-0.4, -0.2) is 25.5 Å². The van der Waals surface area contributed by atoms with Crippen molar-refractivity contribution in [2.24, 2.45) is 0 Å². The van der Waals surface area contributed by atoms with Gasteiger partial charge in [-0.2, -0.15) is 0 Å². The second kappa shape index (κ2) is 6.84. The zero-order chi connectivity index (χ0) is 18.9. The number of hydrogen-bond acceptors (Lipinski definition) is 5. The van der Waals surface area contributed by atoms with Crippen molar-refractivity contribution in [3.05, 3.63) is 59.8 Å². The summed E-state index contributed by atoms with van der Waals surface area (Å²) in [6, 6.07) is 11.8. The molecule has 1 heterocycles. The van der Waals surface area contributed by atoms with Crippen molar-refractivity contribution >= 4 is 26.9 Å². The van der Waals surface area contributed by atoms with Crippen LogP contribution in [0.4, 0.5) is 0 Å². The number of aryl methyl sites for hydroxylation is 1. The summed E-state index contributed by atoms with van der Waals surface area (Å²) in [5, 5.41) is 0.683. The van der Waals surface area contributed by atoms with Crippen LogP contribution < -0.4 is 4.74 Å². The number of esters is 1. The molecule has 3 rings (SSSR count). The van der Waals surface area contributed by atoms with E-state index in [1.165, 1.54) is 24.2 Å². The number of hydrogen-bond donors (Lipinski definition) is 0. The molecule has 0 spiro atoms. The Labute approximate surface area is 152 Å². The summed E-state index contributed by atoms with van der Waals surface area (Å²) in [6.45, 7) is 3.20. The molecule has 0 aliphatic carbocycles. The maximum atomic E-state index is 13.1. The predicted octanol–water partition coefficient (Wildman–Crippen LogP) is 3.26. The minimum Gasteiger partial charge on any atom is -0.497 e. The Morgan fingerprint density at radius 1 is 1.12 bits per heavy atom. The Kier molecular flexibility index (Phi) is 4.73. The first-order chi connectivity index (χ1) is 12.3. The van der Waals surface area contributed by atoms with Crippen molar-refractivity contribution in [3.63, 3.8) is 0 Å². The third-order valence-electron chi connectivity index (χ3n) is 4.07. The molecule has 1 aromatic heterocycles. The lowest BCUT2D eigenvalue weighted by Crippen LogP contribution is -2.12. The average Bonchev–Trinajstić information content (AvgIpc) is 2.99. The largest absolute Gasteiger partial charge is 0.497 e. The van der Waals surface area contributed by atoms with E-state index in [0.29, 0.717) is 22.2 Å². The number of rotatable bonds is 5. The van der Waals surface area contributed by atoms with Gasteiger partial charge in [0.15, 0.2) is 0 Å². The Hall–Kier alpha value is -2.80. The molecule has 0 fully saturated rings. The molecule has 7 heteroatoms. The van der Waals surface area contributed by atoms with Crippen LogP contribution in [0.5, 0.6) is 5.75 Å². The molecule has 0 bridgehead atoms. The lowest BCUT2D eigenvalue weighted by atomic mass is 10.2. The second-order valence-electron chi connectivity index (χ2n) is 5.93.